The van der Waals surface area contributed by atoms with Gasteiger partial charge in [-0.1, -0.05) is 6.07 Å². The Bertz CT molecular complexity index is 1000. The van der Waals surface area contributed by atoms with Crippen LogP contribution < -0.4 is 10.6 Å². The molecule has 152 valence electrons. The summed E-state index contributed by atoms with van der Waals surface area (Å²) < 4.78 is 53.5. The largest absolute Gasteiger partial charge is 0.435 e. The molecule has 2 aromatic heterocycles. The number of rotatable bonds is 5. The maximum Gasteiger partial charge on any atom is 0.435 e. The summed E-state index contributed by atoms with van der Waals surface area (Å²) in [5, 5.41) is 17.3. The first-order chi connectivity index (χ1) is 13.8. The molecule has 2 heterocycles. The third kappa shape index (κ3) is 5.08. The zero-order valence-corrected chi connectivity index (χ0v) is 14.7. The number of hydrogen-bond donors (Lipinski definition) is 3. The molecule has 0 unspecified atom stereocenters. The third-order valence-electron chi connectivity index (χ3n) is 3.80. The molecule has 0 aliphatic carbocycles. The number of nitrogens with one attached hydrogen (secondary N) is 2. The van der Waals surface area contributed by atoms with Gasteiger partial charge in [0.1, 0.15) is 5.82 Å². The fourth-order valence-corrected chi connectivity index (χ4v) is 2.45. The third-order valence-corrected chi connectivity index (χ3v) is 3.80. The van der Waals surface area contributed by atoms with Gasteiger partial charge in [-0.15, -0.1) is 0 Å². The average Bonchev–Trinajstić information content (AvgIpc) is 3.12. The summed E-state index contributed by atoms with van der Waals surface area (Å²) in [6, 6.07) is 8.03. The highest BCUT2D eigenvalue weighted by Gasteiger charge is 2.35. The summed E-state index contributed by atoms with van der Waals surface area (Å²) in [6.45, 7) is -0.550. The average molecular weight is 409 g/mol. The van der Waals surface area contributed by atoms with E-state index in [0.717, 1.165) is 22.9 Å². The van der Waals surface area contributed by atoms with Gasteiger partial charge in [0.05, 0.1) is 42.1 Å². The van der Waals surface area contributed by atoms with E-state index in [1.165, 1.54) is 30.5 Å². The minimum absolute atomic E-state index is 0.00632. The molecule has 29 heavy (non-hydrogen) atoms. The SMILES string of the molecule is O=C(NCc1cc(C(F)(F)F)nn1-c1cccc(F)c1)Nc1ccc(CO)nc1. The lowest BCUT2D eigenvalue weighted by Crippen LogP contribution is -2.29. The highest BCUT2D eigenvalue weighted by Crippen LogP contribution is 2.29. The number of amides is 2. The van der Waals surface area contributed by atoms with Crippen molar-refractivity contribution in [3.05, 3.63) is 71.6 Å². The van der Waals surface area contributed by atoms with Crippen molar-refractivity contribution in [3.63, 3.8) is 0 Å². The van der Waals surface area contributed by atoms with Crippen LogP contribution in [0.3, 0.4) is 0 Å². The number of nitrogens with zero attached hydrogens (tertiary/aromatic N) is 3. The fraction of sp³-hybridized carbons (Fsp3) is 0.167. The monoisotopic (exact) mass is 409 g/mol. The predicted molar refractivity (Wildman–Crippen MR) is 94.5 cm³/mol. The molecule has 0 aliphatic heterocycles. The van der Waals surface area contributed by atoms with Crippen LogP contribution in [0.4, 0.5) is 28.0 Å². The number of aliphatic hydroxyl groups excluding tert-OH is 1. The van der Waals surface area contributed by atoms with E-state index in [1.807, 2.05) is 0 Å². The second kappa shape index (κ2) is 8.27. The molecule has 3 rings (SSSR count). The van der Waals surface area contributed by atoms with Crippen molar-refractivity contribution in [1.82, 2.24) is 20.1 Å². The molecule has 2 amide bonds. The molecule has 0 saturated heterocycles. The van der Waals surface area contributed by atoms with Gasteiger partial charge in [-0.05, 0) is 36.4 Å². The Morgan fingerprint density at radius 1 is 1.17 bits per heavy atom. The topological polar surface area (TPSA) is 92.1 Å². The molecular weight excluding hydrogens is 394 g/mol. The summed E-state index contributed by atoms with van der Waals surface area (Å²) in [5.41, 5.74) is -0.333. The quantitative estimate of drug-likeness (QED) is 0.564. The Morgan fingerprint density at radius 2 is 1.97 bits per heavy atom. The number of pyridine rings is 1. The van der Waals surface area contributed by atoms with Crippen molar-refractivity contribution in [2.24, 2.45) is 0 Å². The summed E-state index contributed by atoms with van der Waals surface area (Å²) in [5.74, 6) is -0.637. The Kier molecular flexibility index (Phi) is 5.78. The van der Waals surface area contributed by atoms with Crippen molar-refractivity contribution in [1.29, 1.82) is 0 Å². The Morgan fingerprint density at radius 3 is 2.59 bits per heavy atom. The zero-order valence-electron chi connectivity index (χ0n) is 14.7. The van der Waals surface area contributed by atoms with Crippen molar-refractivity contribution < 1.29 is 27.5 Å². The number of anilines is 1. The molecule has 1 aromatic carbocycles. The number of aromatic nitrogens is 3. The summed E-state index contributed by atoms with van der Waals surface area (Å²) in [7, 11) is 0. The summed E-state index contributed by atoms with van der Waals surface area (Å²) in [4.78, 5) is 15.9. The normalized spacial score (nSPS) is 11.3. The second-order valence-electron chi connectivity index (χ2n) is 5.91. The number of hydrogen-bond acceptors (Lipinski definition) is 4. The van der Waals surface area contributed by atoms with Crippen molar-refractivity contribution in [2.75, 3.05) is 5.32 Å². The van der Waals surface area contributed by atoms with E-state index in [1.54, 1.807) is 0 Å². The van der Waals surface area contributed by atoms with E-state index in [-0.39, 0.29) is 24.5 Å². The molecule has 0 atom stereocenters. The molecule has 0 fully saturated rings. The molecule has 11 heteroatoms. The first-order valence-corrected chi connectivity index (χ1v) is 8.29. The van der Waals surface area contributed by atoms with Gasteiger partial charge >= 0.3 is 12.2 Å². The zero-order chi connectivity index (χ0) is 21.0. The number of carbonyl (C=O) groups excluding carboxylic acids is 1. The molecule has 0 bridgehead atoms. The molecule has 0 spiro atoms. The van der Waals surface area contributed by atoms with Gasteiger partial charge in [0.2, 0.25) is 0 Å². The molecular formula is C18H15F4N5O2. The lowest BCUT2D eigenvalue weighted by Gasteiger charge is -2.10. The highest BCUT2D eigenvalue weighted by atomic mass is 19.4. The van der Waals surface area contributed by atoms with Crippen LogP contribution in [-0.2, 0) is 19.3 Å². The summed E-state index contributed by atoms with van der Waals surface area (Å²) in [6.07, 6.45) is -3.38. The van der Waals surface area contributed by atoms with Crippen LogP contribution >= 0.6 is 0 Å². The van der Waals surface area contributed by atoms with Gasteiger partial charge in [-0.3, -0.25) is 4.98 Å². The predicted octanol–water partition coefficient (Wildman–Crippen LogP) is 3.24. The van der Waals surface area contributed by atoms with Gasteiger partial charge in [0.15, 0.2) is 5.69 Å². The van der Waals surface area contributed by atoms with Crippen LogP contribution in [0, 0.1) is 5.82 Å². The van der Waals surface area contributed by atoms with Gasteiger partial charge in [-0.25, -0.2) is 13.9 Å². The minimum Gasteiger partial charge on any atom is -0.390 e. The smallest absolute Gasteiger partial charge is 0.390 e. The number of halogens is 4. The molecule has 0 aliphatic rings. The Hall–Kier alpha value is -3.47. The van der Waals surface area contributed by atoms with E-state index in [4.69, 9.17) is 5.11 Å². The van der Waals surface area contributed by atoms with Crippen LogP contribution in [0.25, 0.3) is 5.69 Å². The van der Waals surface area contributed by atoms with Crippen LogP contribution in [0.5, 0.6) is 0 Å². The number of carbonyl (C=O) groups is 1. The molecule has 0 radical (unpaired) electrons. The van der Waals surface area contributed by atoms with Crippen molar-refractivity contribution in [2.45, 2.75) is 19.3 Å². The van der Waals surface area contributed by atoms with Crippen LogP contribution in [0.15, 0.2) is 48.7 Å². The van der Waals surface area contributed by atoms with Gasteiger partial charge in [0.25, 0.3) is 0 Å². The van der Waals surface area contributed by atoms with E-state index in [9.17, 15) is 22.4 Å². The standard InChI is InChI=1S/C18H15F4N5O2/c19-11-2-1-3-14(6-11)27-15(7-16(26-27)18(20,21)22)9-24-17(29)25-12-4-5-13(10-28)23-8-12/h1-8,28H,9-10H2,(H2,24,25,29). The molecule has 7 nitrogen and oxygen atoms in total. The fourth-order valence-electron chi connectivity index (χ4n) is 2.45. The van der Waals surface area contributed by atoms with E-state index >= 15 is 0 Å². The van der Waals surface area contributed by atoms with E-state index in [0.29, 0.717) is 11.4 Å². The van der Waals surface area contributed by atoms with Crippen LogP contribution in [-0.4, -0.2) is 25.9 Å². The second-order valence-corrected chi connectivity index (χ2v) is 5.91. The maximum absolute atomic E-state index is 13.5. The van der Waals surface area contributed by atoms with Crippen LogP contribution in [0.1, 0.15) is 17.1 Å². The highest BCUT2D eigenvalue weighted by molar-refractivity contribution is 5.88. The number of benzene rings is 1. The van der Waals surface area contributed by atoms with E-state index < -0.39 is 23.7 Å². The van der Waals surface area contributed by atoms with Gasteiger partial charge in [0, 0.05) is 0 Å². The molecule has 3 aromatic rings. The Labute approximate surface area is 162 Å². The minimum atomic E-state index is -4.70. The van der Waals surface area contributed by atoms with Crippen molar-refractivity contribution >= 4 is 11.7 Å². The maximum atomic E-state index is 13.5. The van der Waals surface area contributed by atoms with Gasteiger partial charge < -0.3 is 15.7 Å². The van der Waals surface area contributed by atoms with Crippen LogP contribution in [0.2, 0.25) is 0 Å². The van der Waals surface area contributed by atoms with Gasteiger partial charge in [-0.2, -0.15) is 18.3 Å². The lowest BCUT2D eigenvalue weighted by molar-refractivity contribution is -0.141. The van der Waals surface area contributed by atoms with E-state index in [2.05, 4.69) is 20.7 Å². The molecule has 0 saturated carbocycles. The Balaban J connectivity index is 1.76. The number of urea groups is 1. The number of aliphatic hydroxyl groups is 1. The first-order valence-electron chi connectivity index (χ1n) is 8.29. The molecule has 3 N–H and O–H groups in total. The lowest BCUT2D eigenvalue weighted by atomic mass is 10.3. The number of alkyl halides is 3. The first kappa shape index (κ1) is 20.3. The van der Waals surface area contributed by atoms with Crippen molar-refractivity contribution in [3.8, 4) is 5.69 Å². The summed E-state index contributed by atoms with van der Waals surface area (Å²) >= 11 is 0.